The van der Waals surface area contributed by atoms with Crippen molar-refractivity contribution in [3.8, 4) is 11.5 Å². The van der Waals surface area contributed by atoms with Gasteiger partial charge in [0.2, 0.25) is 0 Å². The van der Waals surface area contributed by atoms with Gasteiger partial charge in [0.25, 0.3) is 10.0 Å². The van der Waals surface area contributed by atoms with E-state index in [0.29, 0.717) is 23.3 Å². The van der Waals surface area contributed by atoms with Crippen LogP contribution in [0.5, 0.6) is 11.5 Å². The van der Waals surface area contributed by atoms with E-state index < -0.39 is 16.0 Å². The van der Waals surface area contributed by atoms with Gasteiger partial charge in [0, 0.05) is 11.3 Å². The van der Waals surface area contributed by atoms with Crippen LogP contribution in [-0.2, 0) is 23.1 Å². The molecule has 3 N–H and O–H groups in total. The first-order valence-corrected chi connectivity index (χ1v) is 12.0. The molecule has 3 rings (SSSR count). The van der Waals surface area contributed by atoms with E-state index in [1.54, 1.807) is 18.2 Å². The number of phenols is 1. The smallest absolute Gasteiger partial charge is 1.00 e. The van der Waals surface area contributed by atoms with Gasteiger partial charge in [-0.3, -0.25) is 9.52 Å². The van der Waals surface area contributed by atoms with Crippen molar-refractivity contribution in [2.75, 3.05) is 4.72 Å². The van der Waals surface area contributed by atoms with Crippen molar-refractivity contribution >= 4 is 27.5 Å². The van der Waals surface area contributed by atoms with Gasteiger partial charge in [-0.15, -0.1) is 0 Å². The maximum absolute atomic E-state index is 12.7. The molecular formula is C25H26NNaO7S. The van der Waals surface area contributed by atoms with Crippen LogP contribution < -0.4 is 39.0 Å². The molecule has 3 aromatic rings. The van der Waals surface area contributed by atoms with Crippen LogP contribution in [0.25, 0.3) is 0 Å². The number of hydrogen-bond donors (Lipinski definition) is 3. The molecule has 180 valence electrons. The van der Waals surface area contributed by atoms with Crippen molar-refractivity contribution in [1.29, 1.82) is 0 Å². The number of carbonyl (C=O) groups is 2. The minimum Gasteiger partial charge on any atom is -1.00 e. The van der Waals surface area contributed by atoms with Gasteiger partial charge in [-0.25, -0.2) is 13.2 Å². The second kappa shape index (κ2) is 12.2. The number of rotatable bonds is 10. The Morgan fingerprint density at radius 3 is 2.34 bits per heavy atom. The van der Waals surface area contributed by atoms with Crippen LogP contribution in [0, 0.1) is 0 Å². The molecule has 0 aromatic heterocycles. The molecule has 0 fully saturated rings. The summed E-state index contributed by atoms with van der Waals surface area (Å²) in [7, 11) is -3.92. The van der Waals surface area contributed by atoms with Crippen LogP contribution in [-0.4, -0.2) is 30.4 Å². The van der Waals surface area contributed by atoms with Gasteiger partial charge in [-0.1, -0.05) is 31.5 Å². The fourth-order valence-electron chi connectivity index (χ4n) is 3.38. The number of aromatic carboxylic acids is 1. The van der Waals surface area contributed by atoms with Gasteiger partial charge < -0.3 is 16.4 Å². The molecule has 0 unspecified atom stereocenters. The molecule has 0 bridgehead atoms. The first-order valence-electron chi connectivity index (χ1n) is 10.6. The Bertz CT molecular complexity index is 1330. The van der Waals surface area contributed by atoms with Crippen molar-refractivity contribution in [1.82, 2.24) is 0 Å². The van der Waals surface area contributed by atoms with E-state index in [0.717, 1.165) is 6.42 Å². The van der Waals surface area contributed by atoms with Crippen molar-refractivity contribution in [2.45, 2.75) is 38.2 Å². The Morgan fingerprint density at radius 2 is 1.74 bits per heavy atom. The number of carboxylic acid groups (broad SMARTS) is 1. The molecule has 0 saturated heterocycles. The average molecular weight is 508 g/mol. The Kier molecular flexibility index (Phi) is 9.91. The normalized spacial score (nSPS) is 10.8. The fraction of sp³-hybridized carbons (Fsp3) is 0.200. The summed E-state index contributed by atoms with van der Waals surface area (Å²) in [5, 5.41) is 19.5. The van der Waals surface area contributed by atoms with E-state index >= 15 is 0 Å². The summed E-state index contributed by atoms with van der Waals surface area (Å²) in [6.07, 6.45) is 1.29. The van der Waals surface area contributed by atoms with Crippen molar-refractivity contribution < 1.29 is 63.9 Å². The number of benzene rings is 3. The monoisotopic (exact) mass is 507 g/mol. The number of ether oxygens (including phenoxy) is 1. The summed E-state index contributed by atoms with van der Waals surface area (Å²) >= 11 is 0. The van der Waals surface area contributed by atoms with E-state index in [2.05, 4.69) is 4.72 Å². The number of phenolic OH excluding ortho intramolecular Hbond substituents is 1. The third-order valence-corrected chi connectivity index (χ3v) is 6.51. The fourth-order valence-corrected chi connectivity index (χ4v) is 4.43. The number of anilines is 1. The van der Waals surface area contributed by atoms with Gasteiger partial charge >= 0.3 is 35.5 Å². The van der Waals surface area contributed by atoms with Gasteiger partial charge in [-0.2, -0.15) is 0 Å². The Balaban J connectivity index is 0.00000324. The topological polar surface area (TPSA) is 130 Å². The van der Waals surface area contributed by atoms with Gasteiger partial charge in [-0.05, 0) is 61.4 Å². The van der Waals surface area contributed by atoms with E-state index in [1.165, 1.54) is 49.4 Å². The number of nitrogens with one attached hydrogen (secondary N) is 1. The summed E-state index contributed by atoms with van der Waals surface area (Å²) in [5.41, 5.74) is 1.61. The number of carbonyl (C=O) groups excluding carboxylic acids is 1. The molecule has 10 heteroatoms. The van der Waals surface area contributed by atoms with E-state index in [9.17, 15) is 23.1 Å². The maximum atomic E-state index is 12.7. The molecule has 8 nitrogen and oxygen atoms in total. The third kappa shape index (κ3) is 7.08. The molecular weight excluding hydrogens is 481 g/mol. The molecule has 0 amide bonds. The molecule has 35 heavy (non-hydrogen) atoms. The predicted molar refractivity (Wildman–Crippen MR) is 128 cm³/mol. The number of ketones is 1. The van der Waals surface area contributed by atoms with Crippen molar-refractivity contribution in [3.05, 3.63) is 82.9 Å². The van der Waals surface area contributed by atoms with Gasteiger partial charge in [0.15, 0.2) is 5.78 Å². The van der Waals surface area contributed by atoms with Crippen LogP contribution in [0.3, 0.4) is 0 Å². The van der Waals surface area contributed by atoms with Crippen LogP contribution in [0.2, 0.25) is 0 Å². The number of Topliss-reactive ketones (excluding diaryl/α,β-unsaturated/α-hetero) is 1. The molecule has 0 heterocycles. The first kappa shape index (κ1) is 28.4. The number of sulfonamides is 1. The summed E-state index contributed by atoms with van der Waals surface area (Å²) in [5.74, 6) is -1.01. The molecule has 0 aliphatic rings. The SMILES string of the molecule is CCCc1c(OCc2ccc(S(=O)(=O)Nc3cccc(C(=O)O)c3)cc2)ccc(C(C)=O)c1O.[H-].[Na+]. The number of hydrogen-bond acceptors (Lipinski definition) is 6. The molecule has 0 atom stereocenters. The summed E-state index contributed by atoms with van der Waals surface area (Å²) < 4.78 is 33.6. The summed E-state index contributed by atoms with van der Waals surface area (Å²) in [6, 6.07) is 14.7. The number of aromatic hydroxyl groups is 1. The Labute approximate surface area is 227 Å². The van der Waals surface area contributed by atoms with Crippen LogP contribution in [0.4, 0.5) is 5.69 Å². The predicted octanol–water partition coefficient (Wildman–Crippen LogP) is 1.74. The van der Waals surface area contributed by atoms with Gasteiger partial charge in [0.1, 0.15) is 18.1 Å². The minimum absolute atomic E-state index is 0. The summed E-state index contributed by atoms with van der Waals surface area (Å²) in [4.78, 5) is 22.8. The summed E-state index contributed by atoms with van der Waals surface area (Å²) in [6.45, 7) is 3.47. The molecule has 0 aliphatic carbocycles. The Hall–Kier alpha value is -2.85. The zero-order chi connectivity index (χ0) is 24.9. The molecule has 0 spiro atoms. The molecule has 0 radical (unpaired) electrons. The second-order valence-corrected chi connectivity index (χ2v) is 9.35. The average Bonchev–Trinajstić information content (AvgIpc) is 2.79. The van der Waals surface area contributed by atoms with Crippen LogP contribution in [0.15, 0.2) is 65.6 Å². The second-order valence-electron chi connectivity index (χ2n) is 7.67. The van der Waals surface area contributed by atoms with Gasteiger partial charge in [0.05, 0.1) is 16.0 Å². The zero-order valence-electron chi connectivity index (χ0n) is 20.7. The largest absolute Gasteiger partial charge is 1.00 e. The van der Waals surface area contributed by atoms with Crippen molar-refractivity contribution in [2.24, 2.45) is 0 Å². The molecule has 3 aromatic carbocycles. The molecule has 0 aliphatic heterocycles. The van der Waals surface area contributed by atoms with E-state index in [1.807, 2.05) is 6.92 Å². The third-order valence-electron chi connectivity index (χ3n) is 5.11. The zero-order valence-corrected chi connectivity index (χ0v) is 22.6. The molecule has 0 saturated carbocycles. The quantitative estimate of drug-likeness (QED) is 0.282. The number of carboxylic acids is 1. The minimum atomic E-state index is -3.92. The van der Waals surface area contributed by atoms with Crippen LogP contribution in [0.1, 0.15) is 53.5 Å². The van der Waals surface area contributed by atoms with Crippen molar-refractivity contribution in [3.63, 3.8) is 0 Å². The van der Waals surface area contributed by atoms with E-state index in [4.69, 9.17) is 9.84 Å². The Morgan fingerprint density at radius 1 is 1.06 bits per heavy atom. The maximum Gasteiger partial charge on any atom is 1.00 e. The van der Waals surface area contributed by atoms with Crippen LogP contribution >= 0.6 is 0 Å². The van der Waals surface area contributed by atoms with E-state index in [-0.39, 0.29) is 70.8 Å². The standard InChI is InChI=1S/C25H25NO7S.Na.H/c1-3-5-22-23(13-12-21(16(2)27)24(22)28)33-15-17-8-10-20(11-9-17)34(31,32)26-19-7-4-6-18(14-19)25(29)30;;/h4,6-14,26,28H,3,5,15H2,1-2H3,(H,29,30);;/q;+1;-1. The first-order chi connectivity index (χ1) is 16.1.